The van der Waals surface area contributed by atoms with Gasteiger partial charge >= 0.3 is 35.8 Å². The molecule has 0 N–H and O–H groups in total. The third-order valence-corrected chi connectivity index (χ3v) is 9.56. The molecule has 0 aromatic heterocycles. The lowest BCUT2D eigenvalue weighted by molar-refractivity contribution is -0.222. The Balaban J connectivity index is 1.83. The van der Waals surface area contributed by atoms with Crippen LogP contribution in [-0.4, -0.2) is 95.8 Å². The van der Waals surface area contributed by atoms with Gasteiger partial charge in [-0.15, -0.1) is 0 Å². The van der Waals surface area contributed by atoms with Crippen molar-refractivity contribution in [2.45, 2.75) is 115 Å². The van der Waals surface area contributed by atoms with E-state index in [2.05, 4.69) is 0 Å². The maximum Gasteiger partial charge on any atom is 0.342 e. The Labute approximate surface area is 241 Å². The molecule has 42 heavy (non-hydrogen) atoms. The van der Waals surface area contributed by atoms with Crippen LogP contribution in [-0.2, 0) is 66.7 Å². The molecule has 1 aliphatic carbocycles. The largest absolute Gasteiger partial charge is 0.461 e. The van der Waals surface area contributed by atoms with Gasteiger partial charge in [0, 0.05) is 40.0 Å². The molecule has 0 radical (unpaired) electrons. The van der Waals surface area contributed by atoms with Crippen molar-refractivity contribution in [1.29, 1.82) is 0 Å². The first-order chi connectivity index (χ1) is 19.4. The molecule has 1 saturated carbocycles. The number of cyclic esters (lactones) is 1. The highest BCUT2D eigenvalue weighted by molar-refractivity contribution is 5.89. The highest BCUT2D eigenvalue weighted by atomic mass is 16.8. The monoisotopic (exact) mass is 596 g/mol. The Morgan fingerprint density at radius 2 is 1.38 bits per heavy atom. The first-order valence-electron chi connectivity index (χ1n) is 13.9. The lowest BCUT2D eigenvalue weighted by Gasteiger charge is -2.51. The molecular weight excluding hydrogens is 560 g/mol. The van der Waals surface area contributed by atoms with Crippen LogP contribution in [0, 0.1) is 17.3 Å². The Hall–Kier alpha value is -3.26. The molecule has 5 aliphatic rings. The van der Waals surface area contributed by atoms with Gasteiger partial charge in [0.2, 0.25) is 0 Å². The molecule has 1 spiro atoms. The maximum absolute atomic E-state index is 13.4. The quantitative estimate of drug-likeness (QED) is 0.249. The summed E-state index contributed by atoms with van der Waals surface area (Å²) in [6.45, 7) is 10.5. The van der Waals surface area contributed by atoms with Gasteiger partial charge in [0.15, 0.2) is 17.3 Å². The summed E-state index contributed by atoms with van der Waals surface area (Å²) in [6.07, 6.45) is -7.22. The van der Waals surface area contributed by atoms with Crippen LogP contribution < -0.4 is 0 Å². The van der Waals surface area contributed by atoms with E-state index in [1.165, 1.54) is 20.8 Å². The number of carbonyl (C=O) groups excluding carboxylic acids is 6. The smallest absolute Gasteiger partial charge is 0.342 e. The zero-order valence-electron chi connectivity index (χ0n) is 24.7. The lowest BCUT2D eigenvalue weighted by Crippen LogP contribution is -2.65. The number of ether oxygens (including phenoxy) is 8. The number of carbonyl (C=O) groups is 6. The van der Waals surface area contributed by atoms with Gasteiger partial charge in [-0.1, -0.05) is 13.8 Å². The molecular formula is C28H36O14. The second-order valence-electron chi connectivity index (χ2n) is 12.4. The van der Waals surface area contributed by atoms with E-state index in [1.54, 1.807) is 13.8 Å². The topological polar surface area (TPSA) is 183 Å². The van der Waals surface area contributed by atoms with Gasteiger partial charge in [0.05, 0.1) is 16.9 Å². The standard InChI is InChI=1S/C28H36O14/c1-11-18-20(39-15(5)32)28-22(40-24(34)27(28,8)42-28)21-25(6,41-21)9-16(36-12(2)29)19(38-14(4)31)26(18,7)17(37-13(3)30)10-35-23(11)33/h11,16-22H,9-10H2,1-8H3/t11-,16+,17+,18-,19+,20+,21+,22+,25-,26+,27-,28+/m1/s1. The Kier molecular flexibility index (Phi) is 6.92. The van der Waals surface area contributed by atoms with Gasteiger partial charge in [-0.3, -0.25) is 24.0 Å². The molecule has 4 saturated heterocycles. The van der Waals surface area contributed by atoms with E-state index in [0.717, 1.165) is 20.8 Å². The minimum absolute atomic E-state index is 0.0352. The number of epoxide rings is 2. The highest BCUT2D eigenvalue weighted by Gasteiger charge is 2.91. The van der Waals surface area contributed by atoms with E-state index >= 15 is 0 Å². The zero-order chi connectivity index (χ0) is 31.2. The minimum atomic E-state index is -1.65. The predicted molar refractivity (Wildman–Crippen MR) is 134 cm³/mol. The molecule has 0 aromatic carbocycles. The van der Waals surface area contributed by atoms with Crippen molar-refractivity contribution in [3.8, 4) is 0 Å². The average Bonchev–Trinajstić information content (AvgIpc) is 3.71. The summed E-state index contributed by atoms with van der Waals surface area (Å²) in [5.41, 5.74) is -5.93. The number of esters is 6. The maximum atomic E-state index is 13.4. The van der Waals surface area contributed by atoms with Crippen LogP contribution >= 0.6 is 0 Å². The van der Waals surface area contributed by atoms with Crippen molar-refractivity contribution in [3.05, 3.63) is 0 Å². The molecule has 4 aliphatic heterocycles. The molecule has 5 fully saturated rings. The van der Waals surface area contributed by atoms with Crippen LogP contribution in [0.25, 0.3) is 0 Å². The van der Waals surface area contributed by atoms with E-state index in [-0.39, 0.29) is 6.42 Å². The fourth-order valence-corrected chi connectivity index (χ4v) is 7.64. The summed E-state index contributed by atoms with van der Waals surface area (Å²) in [5.74, 6) is -6.72. The normalized spacial score (nSPS) is 47.0. The van der Waals surface area contributed by atoms with Gasteiger partial charge in [-0.25, -0.2) is 4.79 Å². The van der Waals surface area contributed by atoms with Gasteiger partial charge in [-0.05, 0) is 13.8 Å². The van der Waals surface area contributed by atoms with Gasteiger partial charge in [-0.2, -0.15) is 0 Å². The van der Waals surface area contributed by atoms with E-state index in [4.69, 9.17) is 37.9 Å². The summed E-state index contributed by atoms with van der Waals surface area (Å²) in [6, 6.07) is 0. The molecule has 5 rings (SSSR count). The SMILES string of the molecule is CC(=O)O[C@H]1C[C@@]2(C)O[C@H]2[C@@H]2OC(=O)[C@@]3(C)O[C@@]23[C@@H](OC(C)=O)[C@H]2[C@@H](C)C(=O)OC[C@H](OC(C)=O)[C@]2(C)[C@H]1OC(C)=O. The second kappa shape index (κ2) is 9.63. The fourth-order valence-electron chi connectivity index (χ4n) is 7.64. The molecule has 14 heteroatoms. The molecule has 0 bridgehead atoms. The Morgan fingerprint density at radius 3 is 1.93 bits per heavy atom. The van der Waals surface area contributed by atoms with Crippen molar-refractivity contribution < 1.29 is 66.7 Å². The summed E-state index contributed by atoms with van der Waals surface area (Å²) in [5, 5.41) is 0. The molecule has 4 heterocycles. The van der Waals surface area contributed by atoms with Crippen molar-refractivity contribution in [1.82, 2.24) is 0 Å². The van der Waals surface area contributed by atoms with E-state index < -0.39 is 113 Å². The fraction of sp³-hybridized carbons (Fsp3) is 0.786. The highest BCUT2D eigenvalue weighted by Crippen LogP contribution is 2.68. The molecule has 12 atom stereocenters. The molecule has 232 valence electrons. The molecule has 14 nitrogen and oxygen atoms in total. The van der Waals surface area contributed by atoms with Crippen LogP contribution in [0.15, 0.2) is 0 Å². The van der Waals surface area contributed by atoms with Crippen molar-refractivity contribution in [2.24, 2.45) is 17.3 Å². The van der Waals surface area contributed by atoms with Crippen LogP contribution in [0.1, 0.15) is 61.8 Å². The lowest BCUT2D eigenvalue weighted by atomic mass is 9.57. The third-order valence-electron chi connectivity index (χ3n) is 9.56. The van der Waals surface area contributed by atoms with Crippen LogP contribution in [0.3, 0.4) is 0 Å². The van der Waals surface area contributed by atoms with Crippen molar-refractivity contribution >= 4 is 35.8 Å². The van der Waals surface area contributed by atoms with Gasteiger partial charge in [0.25, 0.3) is 0 Å². The van der Waals surface area contributed by atoms with E-state index in [1.807, 2.05) is 0 Å². The first-order valence-corrected chi connectivity index (χ1v) is 13.9. The Bertz CT molecular complexity index is 1250. The van der Waals surface area contributed by atoms with Crippen LogP contribution in [0.2, 0.25) is 0 Å². The third kappa shape index (κ3) is 4.28. The number of rotatable bonds is 4. The first kappa shape index (κ1) is 30.2. The van der Waals surface area contributed by atoms with Gasteiger partial charge < -0.3 is 37.9 Å². The van der Waals surface area contributed by atoms with Crippen molar-refractivity contribution in [3.63, 3.8) is 0 Å². The minimum Gasteiger partial charge on any atom is -0.461 e. The van der Waals surface area contributed by atoms with Crippen LogP contribution in [0.5, 0.6) is 0 Å². The number of fused-ring (bicyclic) bond motifs is 3. The summed E-state index contributed by atoms with van der Waals surface area (Å²) >= 11 is 0. The molecule has 0 aromatic rings. The second-order valence-corrected chi connectivity index (χ2v) is 12.4. The summed E-state index contributed by atoms with van der Waals surface area (Å²) in [4.78, 5) is 77.0. The number of hydrogen-bond acceptors (Lipinski definition) is 14. The van der Waals surface area contributed by atoms with E-state index in [0.29, 0.717) is 0 Å². The summed E-state index contributed by atoms with van der Waals surface area (Å²) in [7, 11) is 0. The van der Waals surface area contributed by atoms with Gasteiger partial charge in [0.1, 0.15) is 37.1 Å². The summed E-state index contributed by atoms with van der Waals surface area (Å²) < 4.78 is 47.0. The van der Waals surface area contributed by atoms with E-state index in [9.17, 15) is 28.8 Å². The average molecular weight is 597 g/mol. The number of hydrogen-bond donors (Lipinski definition) is 0. The van der Waals surface area contributed by atoms with Crippen LogP contribution in [0.4, 0.5) is 0 Å². The Morgan fingerprint density at radius 1 is 0.810 bits per heavy atom. The zero-order valence-corrected chi connectivity index (χ0v) is 24.7. The molecule has 0 amide bonds. The molecule has 0 unspecified atom stereocenters. The predicted octanol–water partition coefficient (Wildman–Crippen LogP) is 0.543. The van der Waals surface area contributed by atoms with Crippen molar-refractivity contribution in [2.75, 3.05) is 6.61 Å².